The van der Waals surface area contributed by atoms with E-state index in [0.29, 0.717) is 0 Å². The number of nitrogens with one attached hydrogen (secondary N) is 1. The van der Waals surface area contributed by atoms with E-state index < -0.39 is 5.97 Å². The molecule has 1 aromatic rings. The van der Waals surface area contributed by atoms with E-state index in [4.69, 9.17) is 5.11 Å². The molecule has 0 aliphatic carbocycles. The maximum Gasteiger partial charge on any atom is 0.328 e. The Labute approximate surface area is 112 Å². The first-order valence-corrected chi connectivity index (χ1v) is 5.89. The monoisotopic (exact) mass is 262 g/mol. The van der Waals surface area contributed by atoms with Gasteiger partial charge in [0.2, 0.25) is 0 Å². The van der Waals surface area contributed by atoms with Crippen molar-refractivity contribution in [2.45, 2.75) is 13.0 Å². The fourth-order valence-electron chi connectivity index (χ4n) is 1.46. The maximum absolute atomic E-state index is 11.5. The van der Waals surface area contributed by atoms with Gasteiger partial charge in [0.1, 0.15) is 0 Å². The number of nitrogens with zero attached hydrogens (tertiary/aromatic N) is 1. The zero-order valence-electron chi connectivity index (χ0n) is 11.3. The summed E-state index contributed by atoms with van der Waals surface area (Å²) < 4.78 is 0. The van der Waals surface area contributed by atoms with Crippen LogP contribution in [0, 0.1) is 0 Å². The van der Waals surface area contributed by atoms with Crippen LogP contribution in [0.5, 0.6) is 0 Å². The van der Waals surface area contributed by atoms with Crippen molar-refractivity contribution >= 4 is 18.1 Å². The van der Waals surface area contributed by atoms with Crippen LogP contribution in [0.2, 0.25) is 0 Å². The van der Waals surface area contributed by atoms with Gasteiger partial charge in [-0.3, -0.25) is 0 Å². The lowest BCUT2D eigenvalue weighted by atomic mass is 10.1. The highest BCUT2D eigenvalue weighted by Crippen LogP contribution is 2.14. The maximum atomic E-state index is 11.5. The average molecular weight is 262 g/mol. The molecule has 0 radical (unpaired) electrons. The van der Waals surface area contributed by atoms with Crippen LogP contribution in [-0.2, 0) is 4.79 Å². The second kappa shape index (κ2) is 6.58. The van der Waals surface area contributed by atoms with Crippen molar-refractivity contribution in [1.29, 1.82) is 0 Å². The van der Waals surface area contributed by atoms with Crippen molar-refractivity contribution in [2.24, 2.45) is 0 Å². The summed E-state index contributed by atoms with van der Waals surface area (Å²) in [5.74, 6) is -0.976. The summed E-state index contributed by atoms with van der Waals surface area (Å²) in [5.41, 5.74) is 1.76. The minimum absolute atomic E-state index is 0.104. The smallest absolute Gasteiger partial charge is 0.328 e. The SMILES string of the molecule is CC(NC(=O)N(C)C)c1ccc(C=CC(=O)O)cc1. The number of carbonyl (C=O) groups is 2. The molecule has 0 aliphatic heterocycles. The van der Waals surface area contributed by atoms with Gasteiger partial charge in [0.25, 0.3) is 0 Å². The van der Waals surface area contributed by atoms with Gasteiger partial charge in [-0.1, -0.05) is 24.3 Å². The lowest BCUT2D eigenvalue weighted by Gasteiger charge is -2.18. The topological polar surface area (TPSA) is 69.6 Å². The molecule has 0 fully saturated rings. The molecule has 102 valence electrons. The van der Waals surface area contributed by atoms with Crippen LogP contribution >= 0.6 is 0 Å². The third-order valence-electron chi connectivity index (χ3n) is 2.60. The number of hydrogen-bond acceptors (Lipinski definition) is 2. The quantitative estimate of drug-likeness (QED) is 0.816. The number of aliphatic carboxylic acids is 1. The molecule has 1 aromatic carbocycles. The Morgan fingerprint density at radius 3 is 2.32 bits per heavy atom. The molecule has 5 heteroatoms. The van der Waals surface area contributed by atoms with Crippen LogP contribution in [0.4, 0.5) is 4.79 Å². The van der Waals surface area contributed by atoms with E-state index in [0.717, 1.165) is 17.2 Å². The summed E-state index contributed by atoms with van der Waals surface area (Å²) >= 11 is 0. The predicted molar refractivity (Wildman–Crippen MR) is 73.7 cm³/mol. The van der Waals surface area contributed by atoms with Gasteiger partial charge < -0.3 is 15.3 Å². The van der Waals surface area contributed by atoms with Gasteiger partial charge in [-0.05, 0) is 24.1 Å². The molecule has 0 heterocycles. The summed E-state index contributed by atoms with van der Waals surface area (Å²) in [6.07, 6.45) is 2.61. The predicted octanol–water partition coefficient (Wildman–Crippen LogP) is 2.12. The van der Waals surface area contributed by atoms with Gasteiger partial charge in [0, 0.05) is 20.2 Å². The minimum atomic E-state index is -0.976. The van der Waals surface area contributed by atoms with Crippen LogP contribution in [0.1, 0.15) is 24.1 Å². The molecule has 0 aliphatic rings. The number of benzene rings is 1. The zero-order chi connectivity index (χ0) is 14.4. The van der Waals surface area contributed by atoms with Gasteiger partial charge in [0.05, 0.1) is 6.04 Å². The summed E-state index contributed by atoms with van der Waals surface area (Å²) in [4.78, 5) is 23.4. The number of carboxylic acids is 1. The highest BCUT2D eigenvalue weighted by Gasteiger charge is 2.10. The van der Waals surface area contributed by atoms with Crippen molar-refractivity contribution in [3.05, 3.63) is 41.5 Å². The van der Waals surface area contributed by atoms with Crippen molar-refractivity contribution in [3.63, 3.8) is 0 Å². The molecular weight excluding hydrogens is 244 g/mol. The van der Waals surface area contributed by atoms with Crippen LogP contribution in [0.15, 0.2) is 30.3 Å². The molecule has 0 bridgehead atoms. The van der Waals surface area contributed by atoms with E-state index in [-0.39, 0.29) is 12.1 Å². The van der Waals surface area contributed by atoms with Gasteiger partial charge >= 0.3 is 12.0 Å². The normalized spacial score (nSPS) is 12.2. The Bertz CT molecular complexity index is 478. The van der Waals surface area contributed by atoms with Crippen LogP contribution < -0.4 is 5.32 Å². The minimum Gasteiger partial charge on any atom is -0.478 e. The van der Waals surface area contributed by atoms with Crippen molar-refractivity contribution < 1.29 is 14.7 Å². The Balaban J connectivity index is 2.70. The van der Waals surface area contributed by atoms with Gasteiger partial charge in [-0.15, -0.1) is 0 Å². The number of hydrogen-bond donors (Lipinski definition) is 2. The second-order valence-corrected chi connectivity index (χ2v) is 4.40. The molecule has 0 saturated carbocycles. The second-order valence-electron chi connectivity index (χ2n) is 4.40. The molecule has 19 heavy (non-hydrogen) atoms. The first-order valence-electron chi connectivity index (χ1n) is 5.89. The Morgan fingerprint density at radius 1 is 1.26 bits per heavy atom. The fraction of sp³-hybridized carbons (Fsp3) is 0.286. The number of urea groups is 1. The van der Waals surface area contributed by atoms with Gasteiger partial charge in [-0.25, -0.2) is 9.59 Å². The van der Waals surface area contributed by atoms with E-state index >= 15 is 0 Å². The number of rotatable bonds is 4. The summed E-state index contributed by atoms with van der Waals surface area (Å²) in [6.45, 7) is 1.89. The Morgan fingerprint density at radius 2 is 1.84 bits per heavy atom. The zero-order valence-corrected chi connectivity index (χ0v) is 11.3. The fourth-order valence-corrected chi connectivity index (χ4v) is 1.46. The van der Waals surface area contributed by atoms with E-state index in [1.807, 2.05) is 31.2 Å². The number of amides is 2. The Kier molecular flexibility index (Phi) is 5.11. The molecule has 2 N–H and O–H groups in total. The van der Waals surface area contributed by atoms with Crippen LogP contribution in [0.3, 0.4) is 0 Å². The van der Waals surface area contributed by atoms with Crippen LogP contribution in [-0.4, -0.2) is 36.1 Å². The standard InChI is InChI=1S/C14H18N2O3/c1-10(15-14(19)16(2)3)12-7-4-11(5-8-12)6-9-13(17)18/h4-10H,1-3H3,(H,15,19)(H,17,18). The van der Waals surface area contributed by atoms with E-state index in [1.165, 1.54) is 11.0 Å². The molecule has 1 rings (SSSR count). The average Bonchev–Trinajstić information content (AvgIpc) is 2.36. The molecular formula is C14H18N2O3. The van der Waals surface area contributed by atoms with Crippen molar-refractivity contribution in [1.82, 2.24) is 10.2 Å². The van der Waals surface area contributed by atoms with Crippen LogP contribution in [0.25, 0.3) is 6.08 Å². The van der Waals surface area contributed by atoms with E-state index in [2.05, 4.69) is 5.32 Å². The lowest BCUT2D eigenvalue weighted by molar-refractivity contribution is -0.131. The molecule has 0 spiro atoms. The number of carbonyl (C=O) groups excluding carboxylic acids is 1. The lowest BCUT2D eigenvalue weighted by Crippen LogP contribution is -2.36. The number of carboxylic acid groups (broad SMARTS) is 1. The van der Waals surface area contributed by atoms with E-state index in [9.17, 15) is 9.59 Å². The third kappa shape index (κ3) is 4.83. The molecule has 0 aromatic heterocycles. The summed E-state index contributed by atoms with van der Waals surface area (Å²) in [7, 11) is 3.36. The Hall–Kier alpha value is -2.30. The highest BCUT2D eigenvalue weighted by atomic mass is 16.4. The van der Waals surface area contributed by atoms with Crippen molar-refractivity contribution in [3.8, 4) is 0 Å². The van der Waals surface area contributed by atoms with Gasteiger partial charge in [0.15, 0.2) is 0 Å². The molecule has 1 atom stereocenters. The molecule has 5 nitrogen and oxygen atoms in total. The summed E-state index contributed by atoms with van der Waals surface area (Å²) in [6, 6.07) is 7.10. The van der Waals surface area contributed by atoms with E-state index in [1.54, 1.807) is 14.1 Å². The first-order chi connectivity index (χ1) is 8.90. The van der Waals surface area contributed by atoms with Crippen molar-refractivity contribution in [2.75, 3.05) is 14.1 Å². The molecule has 1 unspecified atom stereocenters. The highest BCUT2D eigenvalue weighted by molar-refractivity contribution is 5.85. The molecule has 0 saturated heterocycles. The third-order valence-corrected chi connectivity index (χ3v) is 2.60. The van der Waals surface area contributed by atoms with Gasteiger partial charge in [-0.2, -0.15) is 0 Å². The molecule has 2 amide bonds. The summed E-state index contributed by atoms with van der Waals surface area (Å²) in [5, 5.41) is 11.4. The largest absolute Gasteiger partial charge is 0.478 e. The first kappa shape index (κ1) is 14.8.